The van der Waals surface area contributed by atoms with Crippen molar-refractivity contribution in [1.29, 1.82) is 10.5 Å². The summed E-state index contributed by atoms with van der Waals surface area (Å²) in [7, 11) is 0. The van der Waals surface area contributed by atoms with E-state index in [0.29, 0.717) is 11.3 Å². The number of carboxylic acids is 1. The molecule has 0 aliphatic carbocycles. The number of carbonyl (C=O) groups excluding carboxylic acids is 8. The maximum atomic E-state index is 13.8. The summed E-state index contributed by atoms with van der Waals surface area (Å²) in [5.41, 5.74) is 0.855. The quantitative estimate of drug-likeness (QED) is 0.0467. The minimum Gasteiger partial charge on any atom is -0.480 e. The predicted molar refractivity (Wildman–Crippen MR) is 252 cm³/mol. The SMILES string of the molecule is N#CC1CC(F)(F)CN1C(=O)CNC(=O)c1ccnc2c(NC(=O)CCC(=O)NCCCCC(NC(=O)CCC(=O)Nc3cccc4c(C(=O)NCC(=O)N5CC(F)(F)CC5C#N)ccnc34)C(=O)O)cccc12. The summed E-state index contributed by atoms with van der Waals surface area (Å²) >= 11 is 0. The van der Waals surface area contributed by atoms with Crippen molar-refractivity contribution >= 4 is 86.4 Å². The summed E-state index contributed by atoms with van der Waals surface area (Å²) in [5, 5.41) is 43.6. The number of aromatic nitrogens is 2. The number of likely N-dealkylation sites (tertiary alicyclic amines) is 2. The van der Waals surface area contributed by atoms with E-state index in [2.05, 4.69) is 41.9 Å². The van der Waals surface area contributed by atoms with Crippen LogP contribution >= 0.6 is 0 Å². The first-order valence-electron chi connectivity index (χ1n) is 23.0. The summed E-state index contributed by atoms with van der Waals surface area (Å²) in [6.45, 7) is -3.07. The summed E-state index contributed by atoms with van der Waals surface area (Å²) in [5.74, 6) is -13.4. The molecule has 3 unspecified atom stereocenters. The Morgan fingerprint density at radius 1 is 0.635 bits per heavy atom. The Kier molecular flexibility index (Phi) is 17.7. The van der Waals surface area contributed by atoms with Crippen LogP contribution in [-0.4, -0.2) is 141 Å². The lowest BCUT2D eigenvalue weighted by Gasteiger charge is -2.19. The zero-order valence-corrected chi connectivity index (χ0v) is 39.2. The van der Waals surface area contributed by atoms with Crippen molar-refractivity contribution in [2.24, 2.45) is 0 Å². The van der Waals surface area contributed by atoms with E-state index >= 15 is 0 Å². The average molecular weight is 1030 g/mol. The van der Waals surface area contributed by atoms with Gasteiger partial charge in [0.05, 0.1) is 71.9 Å². The van der Waals surface area contributed by atoms with Crippen LogP contribution in [0.15, 0.2) is 60.9 Å². The molecule has 3 atom stereocenters. The number of unbranched alkanes of at least 4 members (excludes halogenated alkanes) is 1. The molecule has 0 spiro atoms. The number of nitriles is 2. The Bertz CT molecular complexity index is 2960. The maximum absolute atomic E-state index is 13.8. The zero-order valence-electron chi connectivity index (χ0n) is 39.2. The lowest BCUT2D eigenvalue weighted by Crippen LogP contribution is -2.43. The summed E-state index contributed by atoms with van der Waals surface area (Å²) in [6, 6.07) is 11.2. The van der Waals surface area contributed by atoms with Crippen molar-refractivity contribution in [3.63, 3.8) is 0 Å². The minimum atomic E-state index is -3.23. The van der Waals surface area contributed by atoms with Gasteiger partial charge in [-0.05, 0) is 43.5 Å². The van der Waals surface area contributed by atoms with E-state index in [1.807, 2.05) is 0 Å². The van der Waals surface area contributed by atoms with Gasteiger partial charge in [-0.1, -0.05) is 24.3 Å². The summed E-state index contributed by atoms with van der Waals surface area (Å²) in [4.78, 5) is 124. The molecule has 22 nitrogen and oxygen atoms in total. The van der Waals surface area contributed by atoms with Gasteiger partial charge in [-0.2, -0.15) is 10.5 Å². The number of halogens is 4. The second kappa shape index (κ2) is 24.1. The molecule has 2 aliphatic heterocycles. The number of aliphatic carboxylic acids is 1. The van der Waals surface area contributed by atoms with Crippen LogP contribution in [0.5, 0.6) is 0 Å². The Morgan fingerprint density at radius 3 is 1.53 bits per heavy atom. The molecule has 2 aliphatic rings. The number of hydrogen-bond donors (Lipinski definition) is 7. The summed E-state index contributed by atoms with van der Waals surface area (Å²) < 4.78 is 55.3. The van der Waals surface area contributed by atoms with E-state index in [-0.39, 0.29) is 83.0 Å². The normalized spacial score (nSPS) is 16.8. The monoisotopic (exact) mass is 1030 g/mol. The smallest absolute Gasteiger partial charge is 0.326 e. The van der Waals surface area contributed by atoms with Crippen LogP contribution in [-0.2, 0) is 33.6 Å². The van der Waals surface area contributed by atoms with E-state index < -0.39 is 129 Å². The Hall–Kier alpha value is -8.81. The van der Waals surface area contributed by atoms with Gasteiger partial charge in [0.25, 0.3) is 23.7 Å². The summed E-state index contributed by atoms with van der Waals surface area (Å²) in [6.07, 6.45) is 0.258. The number of benzene rings is 2. The van der Waals surface area contributed by atoms with Gasteiger partial charge >= 0.3 is 5.97 Å². The third-order valence-corrected chi connectivity index (χ3v) is 11.9. The highest BCUT2D eigenvalue weighted by Crippen LogP contribution is 2.33. The minimum absolute atomic E-state index is 0.0186. The van der Waals surface area contributed by atoms with Gasteiger partial charge in [0, 0.05) is 68.2 Å². The molecule has 388 valence electrons. The van der Waals surface area contributed by atoms with Gasteiger partial charge in [-0.15, -0.1) is 0 Å². The Balaban J connectivity index is 0.885. The van der Waals surface area contributed by atoms with E-state index in [1.165, 1.54) is 54.9 Å². The van der Waals surface area contributed by atoms with E-state index in [0.717, 1.165) is 4.90 Å². The number of anilines is 2. The van der Waals surface area contributed by atoms with Crippen LogP contribution in [0.3, 0.4) is 0 Å². The van der Waals surface area contributed by atoms with Gasteiger partial charge in [0.15, 0.2) is 0 Å². The molecule has 2 aromatic carbocycles. The average Bonchev–Trinajstić information content (AvgIpc) is 3.88. The lowest BCUT2D eigenvalue weighted by molar-refractivity contribution is -0.142. The van der Waals surface area contributed by atoms with Gasteiger partial charge in [0.1, 0.15) is 18.1 Å². The molecule has 7 N–H and O–H groups in total. The van der Waals surface area contributed by atoms with Crippen molar-refractivity contribution in [2.45, 2.75) is 87.8 Å². The fourth-order valence-electron chi connectivity index (χ4n) is 8.24. The number of nitrogens with zero attached hydrogens (tertiary/aromatic N) is 6. The van der Waals surface area contributed by atoms with Crippen molar-refractivity contribution in [3.8, 4) is 12.1 Å². The van der Waals surface area contributed by atoms with Crippen LogP contribution < -0.4 is 31.9 Å². The molecule has 2 fully saturated rings. The second-order valence-corrected chi connectivity index (χ2v) is 17.3. The van der Waals surface area contributed by atoms with Gasteiger partial charge < -0.3 is 46.8 Å². The van der Waals surface area contributed by atoms with Crippen molar-refractivity contribution in [2.75, 3.05) is 43.4 Å². The number of alkyl halides is 4. The van der Waals surface area contributed by atoms with E-state index in [1.54, 1.807) is 18.2 Å². The van der Waals surface area contributed by atoms with Crippen LogP contribution in [0.2, 0.25) is 0 Å². The standard InChI is InChI=1S/C48H48F4N12O10/c49-47(50)19-27(21-53)63(25-47)40(69)23-58-44(71)31-14-17-56-42-29(31)5-3-8-33(42)60-37(66)11-10-36(65)55-16-2-1-7-35(46(73)74)62-39(68)13-12-38(67)61-34-9-4-6-30-32(15-18-57-43(30)34)45(72)59-24-41(70)64-26-48(51,52)20-28(64)22-54/h3-6,8-9,14-15,17-18,27-28,35H,1-2,7,10-13,16,19-20,23-26H2,(H,55,65)(H,58,71)(H,59,72)(H,60,66)(H,61,67)(H,62,68)(H,73,74). The van der Waals surface area contributed by atoms with Crippen LogP contribution in [0.4, 0.5) is 28.9 Å². The third-order valence-electron chi connectivity index (χ3n) is 11.9. The molecule has 4 heterocycles. The Labute approximate surface area is 418 Å². The molecule has 0 radical (unpaired) electrons. The maximum Gasteiger partial charge on any atom is 0.326 e. The molecule has 4 aromatic rings. The number of carboxylic acid groups (broad SMARTS) is 1. The molecule has 74 heavy (non-hydrogen) atoms. The van der Waals surface area contributed by atoms with E-state index in [9.17, 15) is 76.3 Å². The zero-order chi connectivity index (χ0) is 53.7. The fraction of sp³-hybridized carbons (Fsp3) is 0.396. The molecule has 2 saturated heterocycles. The van der Waals surface area contributed by atoms with Crippen molar-refractivity contribution in [1.82, 2.24) is 41.0 Å². The van der Waals surface area contributed by atoms with Gasteiger partial charge in [-0.3, -0.25) is 48.3 Å². The lowest BCUT2D eigenvalue weighted by atomic mass is 10.1. The second-order valence-electron chi connectivity index (χ2n) is 17.3. The highest BCUT2D eigenvalue weighted by molar-refractivity contribution is 6.12. The number of fused-ring (bicyclic) bond motifs is 2. The third kappa shape index (κ3) is 14.2. The van der Waals surface area contributed by atoms with Crippen molar-refractivity contribution < 1.29 is 65.8 Å². The van der Waals surface area contributed by atoms with E-state index in [4.69, 9.17) is 0 Å². The van der Waals surface area contributed by atoms with Crippen LogP contribution in [0, 0.1) is 22.7 Å². The number of nitrogens with one attached hydrogen (secondary N) is 6. The first-order chi connectivity index (χ1) is 35.2. The molecule has 0 bridgehead atoms. The highest BCUT2D eigenvalue weighted by atomic mass is 19.3. The molecular weight excluding hydrogens is 981 g/mol. The first-order valence-corrected chi connectivity index (χ1v) is 23.0. The van der Waals surface area contributed by atoms with Gasteiger partial charge in [0.2, 0.25) is 35.4 Å². The number of amides is 8. The predicted octanol–water partition coefficient (Wildman–Crippen LogP) is 2.76. The number of pyridine rings is 2. The molecule has 0 saturated carbocycles. The molecular formula is C48H48F4N12O10. The number of hydrogen-bond acceptors (Lipinski definition) is 13. The van der Waals surface area contributed by atoms with Crippen molar-refractivity contribution in [3.05, 3.63) is 72.1 Å². The van der Waals surface area contributed by atoms with Crippen LogP contribution in [0.25, 0.3) is 21.8 Å². The molecule has 26 heteroatoms. The molecule has 6 rings (SSSR count). The largest absolute Gasteiger partial charge is 0.480 e. The van der Waals surface area contributed by atoms with Crippen LogP contribution in [0.1, 0.15) is 78.5 Å². The number of carbonyl (C=O) groups is 9. The number of para-hydroxylation sites is 2. The molecule has 8 amide bonds. The Morgan fingerprint density at radius 2 is 1.08 bits per heavy atom. The molecule has 2 aromatic heterocycles. The first kappa shape index (κ1) is 54.5. The number of rotatable bonds is 21. The highest BCUT2D eigenvalue weighted by Gasteiger charge is 2.48. The van der Waals surface area contributed by atoms with Gasteiger partial charge in [-0.25, -0.2) is 22.4 Å². The fourth-order valence-corrected chi connectivity index (χ4v) is 8.24. The topological polar surface area (TPSA) is 326 Å².